The first-order chi connectivity index (χ1) is 12.8. The van der Waals surface area contributed by atoms with E-state index in [4.69, 9.17) is 4.98 Å². The lowest BCUT2D eigenvalue weighted by molar-refractivity contribution is 0.242. The SMILES string of the molecule is Cc1ccc2[nH]cc(CN3CCc4cnc(-c5cccs5)nc4C3)c2c1. The predicted octanol–water partition coefficient (Wildman–Crippen LogP) is 4.55. The molecule has 0 aliphatic carbocycles. The van der Waals surface area contributed by atoms with Crippen molar-refractivity contribution in [1.29, 1.82) is 0 Å². The minimum Gasteiger partial charge on any atom is -0.361 e. The van der Waals surface area contributed by atoms with Crippen molar-refractivity contribution >= 4 is 22.2 Å². The Morgan fingerprint density at radius 1 is 1.27 bits per heavy atom. The van der Waals surface area contributed by atoms with Crippen LogP contribution in [0.3, 0.4) is 0 Å². The van der Waals surface area contributed by atoms with Crippen LogP contribution >= 0.6 is 11.3 Å². The molecule has 0 unspecified atom stereocenters. The first-order valence-electron chi connectivity index (χ1n) is 8.94. The third-order valence-corrected chi connectivity index (χ3v) is 5.95. The molecule has 5 rings (SSSR count). The van der Waals surface area contributed by atoms with Crippen LogP contribution < -0.4 is 0 Å². The molecule has 1 aliphatic rings. The molecular formula is C21H20N4S. The van der Waals surface area contributed by atoms with Crippen molar-refractivity contribution in [3.63, 3.8) is 0 Å². The summed E-state index contributed by atoms with van der Waals surface area (Å²) in [5.74, 6) is 0.850. The van der Waals surface area contributed by atoms with Crippen molar-refractivity contribution in [2.75, 3.05) is 6.54 Å². The van der Waals surface area contributed by atoms with E-state index in [0.717, 1.165) is 36.8 Å². The highest BCUT2D eigenvalue weighted by molar-refractivity contribution is 7.13. The average molecular weight is 360 g/mol. The lowest BCUT2D eigenvalue weighted by Gasteiger charge is -2.27. The van der Waals surface area contributed by atoms with E-state index in [-0.39, 0.29) is 0 Å². The van der Waals surface area contributed by atoms with E-state index in [1.165, 1.54) is 33.3 Å². The van der Waals surface area contributed by atoms with Crippen LogP contribution in [-0.4, -0.2) is 26.4 Å². The Kier molecular flexibility index (Phi) is 3.84. The summed E-state index contributed by atoms with van der Waals surface area (Å²) < 4.78 is 0. The molecule has 3 aromatic heterocycles. The van der Waals surface area contributed by atoms with Gasteiger partial charge in [0, 0.05) is 42.9 Å². The molecule has 26 heavy (non-hydrogen) atoms. The number of nitrogens with zero attached hydrogens (tertiary/aromatic N) is 3. The summed E-state index contributed by atoms with van der Waals surface area (Å²) in [5.41, 5.74) is 6.34. The predicted molar refractivity (Wildman–Crippen MR) is 106 cm³/mol. The summed E-state index contributed by atoms with van der Waals surface area (Å²) in [6.45, 7) is 5.03. The monoisotopic (exact) mass is 360 g/mol. The van der Waals surface area contributed by atoms with Gasteiger partial charge in [-0.2, -0.15) is 0 Å². The summed E-state index contributed by atoms with van der Waals surface area (Å²) in [6.07, 6.45) is 5.18. The van der Waals surface area contributed by atoms with Crippen LogP contribution in [0, 0.1) is 6.92 Å². The Morgan fingerprint density at radius 3 is 3.12 bits per heavy atom. The molecule has 0 spiro atoms. The Balaban J connectivity index is 1.41. The highest BCUT2D eigenvalue weighted by Gasteiger charge is 2.20. The second kappa shape index (κ2) is 6.34. The molecular weight excluding hydrogens is 340 g/mol. The van der Waals surface area contributed by atoms with Crippen molar-refractivity contribution in [3.8, 4) is 10.7 Å². The van der Waals surface area contributed by atoms with Gasteiger partial charge in [0.1, 0.15) is 0 Å². The minimum atomic E-state index is 0.850. The smallest absolute Gasteiger partial charge is 0.169 e. The molecule has 0 saturated carbocycles. The summed E-state index contributed by atoms with van der Waals surface area (Å²) in [6, 6.07) is 10.7. The number of aromatic amines is 1. The molecule has 1 aliphatic heterocycles. The van der Waals surface area contributed by atoms with Crippen molar-refractivity contribution in [2.45, 2.75) is 26.4 Å². The van der Waals surface area contributed by atoms with Gasteiger partial charge in [0.25, 0.3) is 0 Å². The van der Waals surface area contributed by atoms with Crippen LogP contribution in [0.1, 0.15) is 22.4 Å². The molecule has 5 heteroatoms. The molecule has 0 atom stereocenters. The quantitative estimate of drug-likeness (QED) is 0.583. The molecule has 0 amide bonds. The Bertz CT molecular complexity index is 1070. The highest BCUT2D eigenvalue weighted by atomic mass is 32.1. The topological polar surface area (TPSA) is 44.8 Å². The maximum atomic E-state index is 4.86. The van der Waals surface area contributed by atoms with E-state index in [2.05, 4.69) is 57.6 Å². The van der Waals surface area contributed by atoms with Gasteiger partial charge in [0.15, 0.2) is 5.82 Å². The van der Waals surface area contributed by atoms with Gasteiger partial charge in [-0.1, -0.05) is 17.7 Å². The highest BCUT2D eigenvalue weighted by Crippen LogP contribution is 2.26. The van der Waals surface area contributed by atoms with Gasteiger partial charge >= 0.3 is 0 Å². The van der Waals surface area contributed by atoms with E-state index >= 15 is 0 Å². The minimum absolute atomic E-state index is 0.850. The van der Waals surface area contributed by atoms with Gasteiger partial charge in [0.05, 0.1) is 10.6 Å². The van der Waals surface area contributed by atoms with Gasteiger partial charge < -0.3 is 4.98 Å². The van der Waals surface area contributed by atoms with Crippen molar-refractivity contribution in [1.82, 2.24) is 19.9 Å². The number of benzene rings is 1. The first kappa shape index (κ1) is 15.7. The molecule has 0 radical (unpaired) electrons. The van der Waals surface area contributed by atoms with Crippen molar-refractivity contribution < 1.29 is 0 Å². The van der Waals surface area contributed by atoms with Crippen LogP contribution in [0.4, 0.5) is 0 Å². The average Bonchev–Trinajstić information content (AvgIpc) is 3.32. The van der Waals surface area contributed by atoms with Crippen LogP contribution in [0.25, 0.3) is 21.6 Å². The fourth-order valence-electron chi connectivity index (χ4n) is 3.68. The zero-order chi connectivity index (χ0) is 17.5. The summed E-state index contributed by atoms with van der Waals surface area (Å²) in [5, 5.41) is 3.40. The van der Waals surface area contributed by atoms with Crippen LogP contribution in [0.5, 0.6) is 0 Å². The lowest BCUT2D eigenvalue weighted by atomic mass is 10.1. The van der Waals surface area contributed by atoms with Crippen LogP contribution in [0.2, 0.25) is 0 Å². The standard InChI is InChI=1S/C21H20N4S/c1-14-4-5-18-17(9-14)16(11-22-18)12-25-7-6-15-10-23-21(24-19(15)13-25)20-3-2-8-26-20/h2-5,8-11,22H,6-7,12-13H2,1H3. The Hall–Kier alpha value is -2.50. The van der Waals surface area contributed by atoms with Gasteiger partial charge in [-0.05, 0) is 48.1 Å². The fraction of sp³-hybridized carbons (Fsp3) is 0.238. The van der Waals surface area contributed by atoms with Gasteiger partial charge in [-0.25, -0.2) is 9.97 Å². The summed E-state index contributed by atoms with van der Waals surface area (Å²) in [4.78, 5) is 16.4. The maximum Gasteiger partial charge on any atom is 0.169 e. The first-order valence-corrected chi connectivity index (χ1v) is 9.82. The number of hydrogen-bond donors (Lipinski definition) is 1. The molecule has 4 nitrogen and oxygen atoms in total. The van der Waals surface area contributed by atoms with Gasteiger partial charge in [0.2, 0.25) is 0 Å². The van der Waals surface area contributed by atoms with E-state index < -0.39 is 0 Å². The second-order valence-corrected chi connectivity index (χ2v) is 7.91. The number of aryl methyl sites for hydroxylation is 1. The van der Waals surface area contributed by atoms with Gasteiger partial charge in [-0.3, -0.25) is 4.90 Å². The zero-order valence-electron chi connectivity index (χ0n) is 14.7. The van der Waals surface area contributed by atoms with E-state index in [1.54, 1.807) is 11.3 Å². The molecule has 130 valence electrons. The normalized spacial score (nSPS) is 14.7. The van der Waals surface area contributed by atoms with E-state index in [0.29, 0.717) is 0 Å². The summed E-state index contributed by atoms with van der Waals surface area (Å²) in [7, 11) is 0. The summed E-state index contributed by atoms with van der Waals surface area (Å²) >= 11 is 1.69. The number of aromatic nitrogens is 3. The number of nitrogens with one attached hydrogen (secondary N) is 1. The molecule has 0 saturated heterocycles. The second-order valence-electron chi connectivity index (χ2n) is 6.97. The van der Waals surface area contributed by atoms with Crippen molar-refractivity contribution in [3.05, 3.63) is 70.5 Å². The Labute approximate surface area is 156 Å². The molecule has 0 bridgehead atoms. The van der Waals surface area contributed by atoms with Gasteiger partial charge in [-0.15, -0.1) is 11.3 Å². The fourth-order valence-corrected chi connectivity index (χ4v) is 4.35. The number of thiophene rings is 1. The molecule has 4 heterocycles. The number of H-pyrrole nitrogens is 1. The number of hydrogen-bond acceptors (Lipinski definition) is 4. The van der Waals surface area contributed by atoms with E-state index in [1.807, 2.05) is 12.3 Å². The zero-order valence-corrected chi connectivity index (χ0v) is 15.5. The molecule has 4 aromatic rings. The Morgan fingerprint density at radius 2 is 2.23 bits per heavy atom. The number of fused-ring (bicyclic) bond motifs is 2. The van der Waals surface area contributed by atoms with Crippen LogP contribution in [0.15, 0.2) is 48.1 Å². The number of rotatable bonds is 3. The maximum absolute atomic E-state index is 4.86. The molecule has 1 N–H and O–H groups in total. The third kappa shape index (κ3) is 2.83. The van der Waals surface area contributed by atoms with Crippen LogP contribution in [-0.2, 0) is 19.5 Å². The van der Waals surface area contributed by atoms with E-state index in [9.17, 15) is 0 Å². The van der Waals surface area contributed by atoms with Crippen molar-refractivity contribution in [2.24, 2.45) is 0 Å². The molecule has 0 fully saturated rings. The molecule has 1 aromatic carbocycles. The third-order valence-electron chi connectivity index (χ3n) is 5.08. The lowest BCUT2D eigenvalue weighted by Crippen LogP contribution is -2.31. The largest absolute Gasteiger partial charge is 0.361 e.